The van der Waals surface area contributed by atoms with Crippen molar-refractivity contribution in [2.75, 3.05) is 40.9 Å². The monoisotopic (exact) mass is 804 g/mol. The Balaban J connectivity index is 4.62. The van der Waals surface area contributed by atoms with Crippen LogP contribution in [0, 0.1) is 0 Å². The predicted octanol–water partition coefficient (Wildman–Crippen LogP) is 12.2. The van der Waals surface area contributed by atoms with Crippen molar-refractivity contribution < 1.29 is 32.9 Å². The molecule has 0 aromatic rings. The van der Waals surface area contributed by atoms with Crippen molar-refractivity contribution in [1.82, 2.24) is 5.32 Å². The second-order valence-corrected chi connectivity index (χ2v) is 17.1. The molecular formula is C47H84N2O6P+. The number of hydrogen-bond acceptors (Lipinski definition) is 5. The number of amides is 1. The zero-order valence-electron chi connectivity index (χ0n) is 36.3. The summed E-state index contributed by atoms with van der Waals surface area (Å²) >= 11 is 0. The van der Waals surface area contributed by atoms with Gasteiger partial charge in [0.2, 0.25) is 5.91 Å². The summed E-state index contributed by atoms with van der Waals surface area (Å²) in [4.78, 5) is 23.1. The second-order valence-electron chi connectivity index (χ2n) is 15.7. The second kappa shape index (κ2) is 38.2. The molecule has 0 bridgehead atoms. The van der Waals surface area contributed by atoms with Gasteiger partial charge in [0.1, 0.15) is 13.2 Å². The number of quaternary nitrogens is 1. The molecule has 0 fully saturated rings. The van der Waals surface area contributed by atoms with Crippen LogP contribution in [0.15, 0.2) is 85.1 Å². The number of hydrogen-bond donors (Lipinski definition) is 3. The summed E-state index contributed by atoms with van der Waals surface area (Å²) in [5.74, 6) is -0.248. The molecular weight excluding hydrogens is 719 g/mol. The molecule has 3 N–H and O–H groups in total. The lowest BCUT2D eigenvalue weighted by Crippen LogP contribution is -2.45. The number of phosphoric ester groups is 1. The third kappa shape index (κ3) is 39.9. The van der Waals surface area contributed by atoms with E-state index in [0.717, 1.165) is 57.8 Å². The predicted molar refractivity (Wildman–Crippen MR) is 239 cm³/mol. The zero-order valence-corrected chi connectivity index (χ0v) is 37.2. The van der Waals surface area contributed by atoms with Crippen molar-refractivity contribution >= 4 is 13.7 Å². The molecule has 9 heteroatoms. The Labute approximate surface area is 344 Å². The summed E-state index contributed by atoms with van der Waals surface area (Å²) in [7, 11) is 1.50. The number of carbonyl (C=O) groups is 1. The number of phosphoric acid groups is 1. The van der Waals surface area contributed by atoms with Gasteiger partial charge in [-0.1, -0.05) is 163 Å². The summed E-state index contributed by atoms with van der Waals surface area (Å²) in [6.45, 7) is 4.61. The van der Waals surface area contributed by atoms with Gasteiger partial charge in [-0.15, -0.1) is 0 Å². The maximum Gasteiger partial charge on any atom is 0.472 e. The lowest BCUT2D eigenvalue weighted by Gasteiger charge is -2.25. The van der Waals surface area contributed by atoms with E-state index in [-0.39, 0.29) is 25.5 Å². The van der Waals surface area contributed by atoms with Gasteiger partial charge in [0.25, 0.3) is 0 Å². The SMILES string of the molecule is CC/C=C\C/C=C\C/C=C\C/C=C\C/C=C\CCCC(=O)NC(COP(=O)(O)OCC[N+](C)(C)C)C(O)/C=C/CC/C=C/CCCCCCCCCCCCC. The van der Waals surface area contributed by atoms with Gasteiger partial charge in [-0.05, 0) is 70.6 Å². The van der Waals surface area contributed by atoms with Crippen LogP contribution in [0.1, 0.15) is 155 Å². The number of carbonyl (C=O) groups excluding carboxylic acids is 1. The van der Waals surface area contributed by atoms with Gasteiger partial charge in [0.15, 0.2) is 0 Å². The van der Waals surface area contributed by atoms with Crippen LogP contribution in [0.4, 0.5) is 0 Å². The van der Waals surface area contributed by atoms with E-state index in [9.17, 15) is 19.4 Å². The van der Waals surface area contributed by atoms with E-state index in [1.165, 1.54) is 70.6 Å². The van der Waals surface area contributed by atoms with E-state index in [2.05, 4.69) is 92.1 Å². The molecule has 0 saturated carbocycles. The summed E-state index contributed by atoms with van der Waals surface area (Å²) in [5, 5.41) is 13.8. The van der Waals surface area contributed by atoms with E-state index in [0.29, 0.717) is 17.4 Å². The van der Waals surface area contributed by atoms with Crippen LogP contribution in [0.3, 0.4) is 0 Å². The van der Waals surface area contributed by atoms with Crippen LogP contribution in [-0.4, -0.2) is 73.4 Å². The summed E-state index contributed by atoms with van der Waals surface area (Å²) in [6.07, 6.45) is 52.4. The normalized spacial score (nSPS) is 15.2. The molecule has 0 radical (unpaired) electrons. The average Bonchev–Trinajstić information content (AvgIpc) is 3.15. The number of aliphatic hydroxyl groups is 1. The Morgan fingerprint density at radius 1 is 0.625 bits per heavy atom. The Morgan fingerprint density at radius 2 is 1.09 bits per heavy atom. The maximum absolute atomic E-state index is 12.8. The molecule has 322 valence electrons. The molecule has 0 saturated heterocycles. The quantitative estimate of drug-likeness (QED) is 0.0248. The van der Waals surface area contributed by atoms with Crippen LogP contribution >= 0.6 is 7.82 Å². The highest BCUT2D eigenvalue weighted by atomic mass is 31.2. The molecule has 1 amide bonds. The molecule has 3 atom stereocenters. The van der Waals surface area contributed by atoms with Gasteiger partial charge in [0, 0.05) is 6.42 Å². The van der Waals surface area contributed by atoms with Gasteiger partial charge in [-0.3, -0.25) is 13.8 Å². The number of nitrogens with one attached hydrogen (secondary N) is 1. The van der Waals surface area contributed by atoms with Crippen molar-refractivity contribution in [2.24, 2.45) is 0 Å². The van der Waals surface area contributed by atoms with E-state index >= 15 is 0 Å². The summed E-state index contributed by atoms with van der Waals surface area (Å²) < 4.78 is 23.5. The molecule has 3 unspecified atom stereocenters. The topological polar surface area (TPSA) is 105 Å². The first-order chi connectivity index (χ1) is 27.0. The molecule has 0 aromatic heterocycles. The van der Waals surface area contributed by atoms with E-state index < -0.39 is 20.0 Å². The number of unbranched alkanes of at least 4 members (excludes halogenated alkanes) is 13. The average molecular weight is 804 g/mol. The van der Waals surface area contributed by atoms with Crippen LogP contribution in [-0.2, 0) is 18.4 Å². The van der Waals surface area contributed by atoms with Gasteiger partial charge in [-0.2, -0.15) is 0 Å². The van der Waals surface area contributed by atoms with Crippen LogP contribution in [0.2, 0.25) is 0 Å². The minimum Gasteiger partial charge on any atom is -0.387 e. The Kier molecular flexibility index (Phi) is 36.6. The van der Waals surface area contributed by atoms with Crippen molar-refractivity contribution in [3.63, 3.8) is 0 Å². The molecule has 8 nitrogen and oxygen atoms in total. The van der Waals surface area contributed by atoms with Gasteiger partial charge in [-0.25, -0.2) is 4.57 Å². The first-order valence-electron chi connectivity index (χ1n) is 22.0. The molecule has 0 aliphatic carbocycles. The molecule has 0 rings (SSSR count). The lowest BCUT2D eigenvalue weighted by atomic mass is 10.1. The van der Waals surface area contributed by atoms with Crippen LogP contribution in [0.5, 0.6) is 0 Å². The fraction of sp³-hybridized carbons (Fsp3) is 0.681. The van der Waals surface area contributed by atoms with Crippen molar-refractivity contribution in [3.05, 3.63) is 85.1 Å². The first-order valence-corrected chi connectivity index (χ1v) is 23.5. The number of aliphatic hydroxyl groups excluding tert-OH is 1. The Morgan fingerprint density at radius 3 is 1.64 bits per heavy atom. The third-order valence-electron chi connectivity index (χ3n) is 9.10. The minimum absolute atomic E-state index is 0.0410. The maximum atomic E-state index is 12.8. The molecule has 0 aromatic carbocycles. The Bertz CT molecular complexity index is 1180. The standard InChI is InChI=1S/C47H83N2O6P/c1-6-8-10-12-14-16-18-20-22-24-26-28-30-32-34-36-38-40-46(50)45(44-55-56(52,53)54-43-42-49(3,4)5)48-47(51)41-39-37-35-33-31-29-27-25-23-21-19-17-15-13-11-9-7-2/h9,11,15,17,21,23,27,29-30,32-33,35,38,40,45-46,50H,6-8,10,12-14,16,18-20,22,24-26,28,31,34,36-37,39,41-44H2,1-5H3,(H-,48,51,52,53)/p+1/b11-9-,17-15-,23-21-,29-27-,32-30+,35-33-,40-38+. The van der Waals surface area contributed by atoms with Crippen LogP contribution in [0.25, 0.3) is 0 Å². The van der Waals surface area contributed by atoms with Crippen molar-refractivity contribution in [1.29, 1.82) is 0 Å². The van der Waals surface area contributed by atoms with Gasteiger partial charge in [0.05, 0.1) is 39.9 Å². The Hall–Kier alpha value is -2.32. The minimum atomic E-state index is -4.37. The van der Waals surface area contributed by atoms with E-state index in [4.69, 9.17) is 9.05 Å². The zero-order chi connectivity index (χ0) is 41.4. The van der Waals surface area contributed by atoms with Gasteiger partial charge >= 0.3 is 7.82 Å². The van der Waals surface area contributed by atoms with E-state index in [1.54, 1.807) is 6.08 Å². The molecule has 56 heavy (non-hydrogen) atoms. The summed E-state index contributed by atoms with van der Waals surface area (Å²) in [5.41, 5.74) is 0. The fourth-order valence-electron chi connectivity index (χ4n) is 5.62. The summed E-state index contributed by atoms with van der Waals surface area (Å²) in [6, 6.07) is -0.897. The van der Waals surface area contributed by atoms with E-state index in [1.807, 2.05) is 27.2 Å². The van der Waals surface area contributed by atoms with Crippen molar-refractivity contribution in [3.8, 4) is 0 Å². The highest BCUT2D eigenvalue weighted by Gasteiger charge is 2.27. The largest absolute Gasteiger partial charge is 0.472 e. The molecule has 0 aliphatic heterocycles. The number of rotatable bonds is 38. The van der Waals surface area contributed by atoms with Crippen molar-refractivity contribution in [2.45, 2.75) is 167 Å². The lowest BCUT2D eigenvalue weighted by molar-refractivity contribution is -0.870. The molecule has 0 spiro atoms. The molecule has 0 aliphatic rings. The van der Waals surface area contributed by atoms with Crippen LogP contribution < -0.4 is 5.32 Å². The highest BCUT2D eigenvalue weighted by molar-refractivity contribution is 7.47. The smallest absolute Gasteiger partial charge is 0.387 e. The fourth-order valence-corrected chi connectivity index (χ4v) is 6.36. The van der Waals surface area contributed by atoms with Gasteiger partial charge < -0.3 is 19.8 Å². The number of allylic oxidation sites excluding steroid dienone is 13. The first kappa shape index (κ1) is 53.7. The third-order valence-corrected chi connectivity index (χ3v) is 10.1. The highest BCUT2D eigenvalue weighted by Crippen LogP contribution is 2.43. The number of nitrogens with zero attached hydrogens (tertiary/aromatic N) is 1. The molecule has 0 heterocycles. The number of likely N-dealkylation sites (N-methyl/N-ethyl adjacent to an activating group) is 1.